The van der Waals surface area contributed by atoms with Gasteiger partial charge < -0.3 is 24.8 Å². The first-order valence-electron chi connectivity index (χ1n) is 8.97. The first kappa shape index (κ1) is 19.4. The second-order valence-corrected chi connectivity index (χ2v) is 6.35. The van der Waals surface area contributed by atoms with Crippen LogP contribution in [-0.2, 0) is 11.3 Å². The molecule has 1 aromatic rings. The van der Waals surface area contributed by atoms with Crippen molar-refractivity contribution in [2.24, 2.45) is 0 Å². The quantitative estimate of drug-likeness (QED) is 0.670. The van der Waals surface area contributed by atoms with Gasteiger partial charge in [0.15, 0.2) is 11.5 Å². The standard InChI is InChI=1S/C19H30N2O4/c1-23-16-12-18(25-3)17(24-2)11-14(16)13-20-10-9-19(22)21-15-7-5-4-6-8-15/h11-12,15,20H,4-10,13H2,1-3H3,(H,21,22). The maximum atomic E-state index is 12.0. The number of ether oxygens (including phenoxy) is 3. The van der Waals surface area contributed by atoms with Crippen molar-refractivity contribution in [3.63, 3.8) is 0 Å². The van der Waals surface area contributed by atoms with Gasteiger partial charge in [-0.1, -0.05) is 19.3 Å². The van der Waals surface area contributed by atoms with Crippen LogP contribution in [0.5, 0.6) is 17.2 Å². The summed E-state index contributed by atoms with van der Waals surface area (Å²) in [5.74, 6) is 2.15. The summed E-state index contributed by atoms with van der Waals surface area (Å²) >= 11 is 0. The lowest BCUT2D eigenvalue weighted by atomic mass is 9.95. The average molecular weight is 350 g/mol. The van der Waals surface area contributed by atoms with E-state index in [0.717, 1.165) is 24.2 Å². The fourth-order valence-corrected chi connectivity index (χ4v) is 3.20. The molecule has 0 spiro atoms. The Morgan fingerprint density at radius 1 is 1.00 bits per heavy atom. The number of carbonyl (C=O) groups is 1. The maximum absolute atomic E-state index is 12.0. The van der Waals surface area contributed by atoms with Crippen molar-refractivity contribution in [3.8, 4) is 17.2 Å². The van der Waals surface area contributed by atoms with E-state index in [0.29, 0.717) is 37.1 Å². The second kappa shape index (κ2) is 10.1. The molecule has 6 nitrogen and oxygen atoms in total. The van der Waals surface area contributed by atoms with Crippen molar-refractivity contribution in [1.29, 1.82) is 0 Å². The third-order valence-electron chi connectivity index (χ3n) is 4.60. The molecule has 2 rings (SSSR count). The number of methoxy groups -OCH3 is 3. The number of nitrogens with one attached hydrogen (secondary N) is 2. The molecule has 140 valence electrons. The van der Waals surface area contributed by atoms with Crippen LogP contribution in [0.3, 0.4) is 0 Å². The molecule has 25 heavy (non-hydrogen) atoms. The first-order chi connectivity index (χ1) is 12.2. The Kier molecular flexibility index (Phi) is 7.85. The van der Waals surface area contributed by atoms with E-state index in [4.69, 9.17) is 14.2 Å². The molecule has 1 aliphatic carbocycles. The highest BCUT2D eigenvalue weighted by Crippen LogP contribution is 2.34. The molecule has 1 saturated carbocycles. The predicted molar refractivity (Wildman–Crippen MR) is 97.4 cm³/mol. The van der Waals surface area contributed by atoms with E-state index in [1.54, 1.807) is 21.3 Å². The number of benzene rings is 1. The van der Waals surface area contributed by atoms with Crippen molar-refractivity contribution in [3.05, 3.63) is 17.7 Å². The number of hydrogen-bond acceptors (Lipinski definition) is 5. The Hall–Kier alpha value is -1.95. The highest BCUT2D eigenvalue weighted by atomic mass is 16.5. The summed E-state index contributed by atoms with van der Waals surface area (Å²) in [6, 6.07) is 4.07. The van der Waals surface area contributed by atoms with E-state index in [-0.39, 0.29) is 5.91 Å². The van der Waals surface area contributed by atoms with Gasteiger partial charge in [-0.2, -0.15) is 0 Å². The largest absolute Gasteiger partial charge is 0.496 e. The Morgan fingerprint density at radius 3 is 2.28 bits per heavy atom. The highest BCUT2D eigenvalue weighted by Gasteiger charge is 2.15. The van der Waals surface area contributed by atoms with Crippen LogP contribution < -0.4 is 24.8 Å². The van der Waals surface area contributed by atoms with Gasteiger partial charge in [-0.15, -0.1) is 0 Å². The van der Waals surface area contributed by atoms with Gasteiger partial charge >= 0.3 is 0 Å². The van der Waals surface area contributed by atoms with Gasteiger partial charge in [-0.3, -0.25) is 4.79 Å². The summed E-state index contributed by atoms with van der Waals surface area (Å²) in [6.45, 7) is 1.22. The smallest absolute Gasteiger partial charge is 0.221 e. The van der Waals surface area contributed by atoms with Gasteiger partial charge in [0.2, 0.25) is 5.91 Å². The molecule has 1 amide bonds. The summed E-state index contributed by atoms with van der Waals surface area (Å²) in [5, 5.41) is 6.43. The number of hydrogen-bond donors (Lipinski definition) is 2. The number of carbonyl (C=O) groups excluding carboxylic acids is 1. The third kappa shape index (κ3) is 5.81. The SMILES string of the molecule is COc1cc(OC)c(OC)cc1CNCCC(=O)NC1CCCCC1. The Bertz CT molecular complexity index is 557. The van der Waals surface area contributed by atoms with E-state index in [2.05, 4.69) is 10.6 Å². The molecule has 0 unspecified atom stereocenters. The van der Waals surface area contributed by atoms with Crippen molar-refractivity contribution < 1.29 is 19.0 Å². The minimum absolute atomic E-state index is 0.124. The van der Waals surface area contributed by atoms with Crippen molar-refractivity contribution in [2.75, 3.05) is 27.9 Å². The third-order valence-corrected chi connectivity index (χ3v) is 4.60. The molecule has 0 aromatic heterocycles. The van der Waals surface area contributed by atoms with E-state index >= 15 is 0 Å². The van der Waals surface area contributed by atoms with Gasteiger partial charge in [-0.05, 0) is 18.9 Å². The zero-order valence-electron chi connectivity index (χ0n) is 15.5. The lowest BCUT2D eigenvalue weighted by Gasteiger charge is -2.22. The zero-order chi connectivity index (χ0) is 18.1. The molecule has 6 heteroatoms. The van der Waals surface area contributed by atoms with E-state index < -0.39 is 0 Å². The van der Waals surface area contributed by atoms with Crippen molar-refractivity contribution >= 4 is 5.91 Å². The molecular weight excluding hydrogens is 320 g/mol. The van der Waals surface area contributed by atoms with E-state index in [1.807, 2.05) is 12.1 Å². The number of amides is 1. The van der Waals surface area contributed by atoms with Gasteiger partial charge in [0.1, 0.15) is 5.75 Å². The van der Waals surface area contributed by atoms with Crippen LogP contribution in [0, 0.1) is 0 Å². The van der Waals surface area contributed by atoms with Gasteiger partial charge in [-0.25, -0.2) is 0 Å². The molecule has 0 atom stereocenters. The van der Waals surface area contributed by atoms with Crippen LogP contribution >= 0.6 is 0 Å². The minimum atomic E-state index is 0.124. The van der Waals surface area contributed by atoms with Crippen LogP contribution in [0.1, 0.15) is 44.1 Å². The van der Waals surface area contributed by atoms with Gasteiger partial charge in [0, 0.05) is 37.2 Å². The van der Waals surface area contributed by atoms with E-state index in [9.17, 15) is 4.79 Å². The molecule has 0 aliphatic heterocycles. The molecule has 0 heterocycles. The minimum Gasteiger partial charge on any atom is -0.496 e. The summed E-state index contributed by atoms with van der Waals surface area (Å²) in [4.78, 5) is 12.0. The average Bonchev–Trinajstić information content (AvgIpc) is 2.65. The lowest BCUT2D eigenvalue weighted by molar-refractivity contribution is -0.121. The summed E-state index contributed by atoms with van der Waals surface area (Å²) in [7, 11) is 4.83. The fourth-order valence-electron chi connectivity index (χ4n) is 3.20. The molecule has 0 saturated heterocycles. The first-order valence-corrected chi connectivity index (χ1v) is 8.97. The molecule has 1 aliphatic rings. The van der Waals surface area contributed by atoms with Crippen LogP contribution in [0.25, 0.3) is 0 Å². The highest BCUT2D eigenvalue weighted by molar-refractivity contribution is 5.76. The van der Waals surface area contributed by atoms with Crippen LogP contribution in [0.15, 0.2) is 12.1 Å². The van der Waals surface area contributed by atoms with Crippen LogP contribution in [0.2, 0.25) is 0 Å². The summed E-state index contributed by atoms with van der Waals surface area (Å²) in [6.07, 6.45) is 6.45. The van der Waals surface area contributed by atoms with Crippen LogP contribution in [0.4, 0.5) is 0 Å². The zero-order valence-corrected chi connectivity index (χ0v) is 15.5. The molecule has 1 fully saturated rings. The molecule has 2 N–H and O–H groups in total. The monoisotopic (exact) mass is 350 g/mol. The molecule has 0 bridgehead atoms. The Labute approximate surface area is 150 Å². The Balaban J connectivity index is 1.79. The van der Waals surface area contributed by atoms with Gasteiger partial charge in [0.25, 0.3) is 0 Å². The predicted octanol–water partition coefficient (Wildman–Crippen LogP) is 2.64. The summed E-state index contributed by atoms with van der Waals surface area (Å²) in [5.41, 5.74) is 0.966. The molecular formula is C19H30N2O4. The lowest BCUT2D eigenvalue weighted by Crippen LogP contribution is -2.37. The molecule has 0 radical (unpaired) electrons. The number of rotatable bonds is 9. The fraction of sp³-hybridized carbons (Fsp3) is 0.632. The summed E-state index contributed by atoms with van der Waals surface area (Å²) < 4.78 is 16.0. The topological polar surface area (TPSA) is 68.8 Å². The second-order valence-electron chi connectivity index (χ2n) is 6.35. The Morgan fingerprint density at radius 2 is 1.64 bits per heavy atom. The van der Waals surface area contributed by atoms with Crippen molar-refractivity contribution in [1.82, 2.24) is 10.6 Å². The van der Waals surface area contributed by atoms with Crippen LogP contribution in [-0.4, -0.2) is 39.8 Å². The van der Waals surface area contributed by atoms with Gasteiger partial charge in [0.05, 0.1) is 21.3 Å². The maximum Gasteiger partial charge on any atom is 0.221 e. The van der Waals surface area contributed by atoms with E-state index in [1.165, 1.54) is 19.3 Å². The van der Waals surface area contributed by atoms with Crippen molar-refractivity contribution in [2.45, 2.75) is 51.1 Å². The normalized spacial score (nSPS) is 14.8. The molecule has 1 aromatic carbocycles.